The minimum atomic E-state index is -0.683. The van der Waals surface area contributed by atoms with Gasteiger partial charge in [-0.2, -0.15) is 0 Å². The summed E-state index contributed by atoms with van der Waals surface area (Å²) >= 11 is 5.78. The van der Waals surface area contributed by atoms with E-state index in [1.54, 1.807) is 13.8 Å². The number of carbonyl (C=O) groups is 1. The number of halogens is 1. The summed E-state index contributed by atoms with van der Waals surface area (Å²) < 4.78 is 10.9. The van der Waals surface area contributed by atoms with Gasteiger partial charge in [0.15, 0.2) is 5.79 Å². The highest BCUT2D eigenvalue weighted by Gasteiger charge is 2.33. The summed E-state index contributed by atoms with van der Waals surface area (Å²) in [6.07, 6.45) is -0.290. The lowest BCUT2D eigenvalue weighted by molar-refractivity contribution is -0.385. The van der Waals surface area contributed by atoms with Crippen molar-refractivity contribution in [1.82, 2.24) is 5.32 Å². The van der Waals surface area contributed by atoms with E-state index in [1.807, 2.05) is 0 Å². The van der Waals surface area contributed by atoms with Gasteiger partial charge in [0, 0.05) is 17.6 Å². The number of nitro benzene ring substituents is 1. The van der Waals surface area contributed by atoms with E-state index in [9.17, 15) is 14.9 Å². The monoisotopic (exact) mass is 314 g/mol. The van der Waals surface area contributed by atoms with E-state index in [2.05, 4.69) is 5.32 Å². The molecule has 8 heteroatoms. The molecule has 0 spiro atoms. The van der Waals surface area contributed by atoms with Crippen molar-refractivity contribution in [1.29, 1.82) is 0 Å². The summed E-state index contributed by atoms with van der Waals surface area (Å²) in [6, 6.07) is 3.84. The average molecular weight is 315 g/mol. The largest absolute Gasteiger partial charge is 0.349 e. The third kappa shape index (κ3) is 3.90. The van der Waals surface area contributed by atoms with Gasteiger partial charge in [-0.15, -0.1) is 0 Å². The molecule has 114 valence electrons. The fraction of sp³-hybridized carbons (Fsp3) is 0.462. The predicted octanol–water partition coefficient (Wildman–Crippen LogP) is 2.13. The smallest absolute Gasteiger partial charge is 0.282 e. The molecule has 0 bridgehead atoms. The standard InChI is InChI=1S/C13H15ClN2O5/c1-13(2)20-7-9(21-13)6-15-12(17)10-5-8(14)3-4-11(10)16(18)19/h3-5,9H,6-7H2,1-2H3,(H,15,17). The fourth-order valence-corrected chi connectivity index (χ4v) is 2.19. The van der Waals surface area contributed by atoms with E-state index in [4.69, 9.17) is 21.1 Å². The Kier molecular flexibility index (Phi) is 4.46. The number of ether oxygens (including phenoxy) is 2. The van der Waals surface area contributed by atoms with Crippen LogP contribution in [0.5, 0.6) is 0 Å². The quantitative estimate of drug-likeness (QED) is 0.679. The normalized spacial score (nSPS) is 20.2. The number of nitrogens with zero attached hydrogens (tertiary/aromatic N) is 1. The highest BCUT2D eigenvalue weighted by atomic mass is 35.5. The minimum absolute atomic E-state index is 0.0781. The number of nitrogens with one attached hydrogen (secondary N) is 1. The van der Waals surface area contributed by atoms with E-state index in [1.165, 1.54) is 18.2 Å². The Hall–Kier alpha value is -1.70. The van der Waals surface area contributed by atoms with Crippen LogP contribution in [-0.2, 0) is 9.47 Å². The lowest BCUT2D eigenvalue weighted by Gasteiger charge is -2.17. The Morgan fingerprint density at radius 3 is 2.86 bits per heavy atom. The van der Waals surface area contributed by atoms with Crippen molar-refractivity contribution in [3.63, 3.8) is 0 Å². The molecule has 7 nitrogen and oxygen atoms in total. The second kappa shape index (κ2) is 5.97. The zero-order valence-corrected chi connectivity index (χ0v) is 12.3. The molecule has 1 aliphatic rings. The number of carbonyl (C=O) groups excluding carboxylic acids is 1. The maximum absolute atomic E-state index is 12.1. The first-order chi connectivity index (χ1) is 9.78. The molecule has 1 saturated heterocycles. The summed E-state index contributed by atoms with van der Waals surface area (Å²) in [5, 5.41) is 13.8. The van der Waals surface area contributed by atoms with E-state index in [0.29, 0.717) is 6.61 Å². The maximum Gasteiger partial charge on any atom is 0.282 e. The van der Waals surface area contributed by atoms with E-state index >= 15 is 0 Å². The molecule has 1 heterocycles. The SMILES string of the molecule is CC1(C)OCC(CNC(=O)c2cc(Cl)ccc2[N+](=O)[O-])O1. The second-order valence-electron chi connectivity index (χ2n) is 5.08. The maximum atomic E-state index is 12.1. The molecule has 1 aliphatic heterocycles. The van der Waals surface area contributed by atoms with Gasteiger partial charge in [0.2, 0.25) is 0 Å². The predicted molar refractivity (Wildman–Crippen MR) is 75.3 cm³/mol. The van der Waals surface area contributed by atoms with Crippen molar-refractivity contribution in [3.8, 4) is 0 Å². The van der Waals surface area contributed by atoms with Crippen molar-refractivity contribution in [3.05, 3.63) is 38.9 Å². The van der Waals surface area contributed by atoms with Gasteiger partial charge >= 0.3 is 0 Å². The van der Waals surface area contributed by atoms with Crippen molar-refractivity contribution in [2.24, 2.45) is 0 Å². The van der Waals surface area contributed by atoms with Crippen LogP contribution in [0.2, 0.25) is 5.02 Å². The summed E-state index contributed by atoms with van der Waals surface area (Å²) in [6.45, 7) is 4.10. The lowest BCUT2D eigenvalue weighted by atomic mass is 10.1. The molecule has 1 aromatic rings. The van der Waals surface area contributed by atoms with Gasteiger partial charge in [0.25, 0.3) is 11.6 Å². The number of benzene rings is 1. The molecule has 0 radical (unpaired) electrons. The molecule has 1 aromatic carbocycles. The number of hydrogen-bond acceptors (Lipinski definition) is 5. The van der Waals surface area contributed by atoms with Crippen LogP contribution < -0.4 is 5.32 Å². The Morgan fingerprint density at radius 2 is 2.29 bits per heavy atom. The van der Waals surface area contributed by atoms with Gasteiger partial charge in [-0.1, -0.05) is 11.6 Å². The molecule has 1 unspecified atom stereocenters. The first-order valence-electron chi connectivity index (χ1n) is 6.32. The molecule has 0 aliphatic carbocycles. The van der Waals surface area contributed by atoms with Crippen LogP contribution in [0.3, 0.4) is 0 Å². The highest BCUT2D eigenvalue weighted by Crippen LogP contribution is 2.24. The molecule has 0 saturated carbocycles. The number of rotatable bonds is 4. The van der Waals surface area contributed by atoms with Crippen molar-refractivity contribution in [2.45, 2.75) is 25.7 Å². The zero-order chi connectivity index (χ0) is 15.6. The highest BCUT2D eigenvalue weighted by molar-refractivity contribution is 6.31. The number of amides is 1. The van der Waals surface area contributed by atoms with Gasteiger partial charge < -0.3 is 14.8 Å². The van der Waals surface area contributed by atoms with Crippen molar-refractivity contribution in [2.75, 3.05) is 13.2 Å². The summed E-state index contributed by atoms with van der Waals surface area (Å²) in [7, 11) is 0. The fourth-order valence-electron chi connectivity index (χ4n) is 2.01. The first-order valence-corrected chi connectivity index (χ1v) is 6.70. The Morgan fingerprint density at radius 1 is 1.57 bits per heavy atom. The lowest BCUT2D eigenvalue weighted by Crippen LogP contribution is -2.34. The zero-order valence-electron chi connectivity index (χ0n) is 11.6. The minimum Gasteiger partial charge on any atom is -0.349 e. The van der Waals surface area contributed by atoms with Crippen molar-refractivity contribution < 1.29 is 19.2 Å². The molecular formula is C13H15ClN2O5. The molecule has 1 amide bonds. The molecule has 0 aromatic heterocycles. The topological polar surface area (TPSA) is 90.7 Å². The van der Waals surface area contributed by atoms with E-state index in [-0.39, 0.29) is 28.9 Å². The van der Waals surface area contributed by atoms with Crippen LogP contribution in [-0.4, -0.2) is 35.9 Å². The molecule has 1 N–H and O–H groups in total. The summed E-state index contributed by atoms with van der Waals surface area (Å²) in [5.74, 6) is -1.25. The summed E-state index contributed by atoms with van der Waals surface area (Å²) in [4.78, 5) is 22.4. The van der Waals surface area contributed by atoms with Gasteiger partial charge in [-0.25, -0.2) is 0 Å². The third-order valence-corrected chi connectivity index (χ3v) is 3.19. The van der Waals surface area contributed by atoms with Gasteiger partial charge in [0.1, 0.15) is 11.7 Å². The third-order valence-electron chi connectivity index (χ3n) is 2.96. The first kappa shape index (κ1) is 15.7. The molecular weight excluding hydrogens is 300 g/mol. The van der Waals surface area contributed by atoms with Crippen LogP contribution in [0.1, 0.15) is 24.2 Å². The van der Waals surface area contributed by atoms with Crippen LogP contribution in [0, 0.1) is 10.1 Å². The van der Waals surface area contributed by atoms with Gasteiger partial charge in [0.05, 0.1) is 11.5 Å². The second-order valence-corrected chi connectivity index (χ2v) is 5.52. The summed E-state index contributed by atoms with van der Waals surface area (Å²) in [5.41, 5.74) is -0.369. The molecule has 21 heavy (non-hydrogen) atoms. The van der Waals surface area contributed by atoms with Crippen LogP contribution >= 0.6 is 11.6 Å². The van der Waals surface area contributed by atoms with Crippen LogP contribution in [0.4, 0.5) is 5.69 Å². The van der Waals surface area contributed by atoms with Crippen LogP contribution in [0.15, 0.2) is 18.2 Å². The number of hydrogen-bond donors (Lipinski definition) is 1. The number of nitro groups is 1. The van der Waals surface area contributed by atoms with Crippen LogP contribution in [0.25, 0.3) is 0 Å². The van der Waals surface area contributed by atoms with E-state index in [0.717, 1.165) is 0 Å². The molecule has 1 fully saturated rings. The van der Waals surface area contributed by atoms with E-state index < -0.39 is 16.6 Å². The Balaban J connectivity index is 2.04. The molecule has 2 rings (SSSR count). The van der Waals surface area contributed by atoms with Crippen molar-refractivity contribution >= 4 is 23.2 Å². The average Bonchev–Trinajstić information content (AvgIpc) is 2.75. The Labute approximate surface area is 126 Å². The van der Waals surface area contributed by atoms with Gasteiger partial charge in [-0.3, -0.25) is 14.9 Å². The van der Waals surface area contributed by atoms with Gasteiger partial charge in [-0.05, 0) is 26.0 Å². The molecule has 1 atom stereocenters. The Bertz CT molecular complexity index is 576.